The Balaban J connectivity index is 0.00000121. The SMILES string of the molecule is O=S(O)c1cc(Cl)ccc1Cl.[KH]. The predicted molar refractivity (Wildman–Crippen MR) is 52.6 cm³/mol. The summed E-state index contributed by atoms with van der Waals surface area (Å²) in [5, 5.41) is 0.641. The molecule has 2 nitrogen and oxygen atoms in total. The summed E-state index contributed by atoms with van der Waals surface area (Å²) in [5.41, 5.74) is 0. The maximum absolute atomic E-state index is 10.5. The normalized spacial score (nSPS) is 11.9. The second-order valence-corrected chi connectivity index (χ2v) is 3.61. The van der Waals surface area contributed by atoms with Crippen LogP contribution in [0.1, 0.15) is 0 Å². The molecule has 1 unspecified atom stereocenters. The molecule has 0 fully saturated rings. The molecule has 0 radical (unpaired) electrons. The summed E-state index contributed by atoms with van der Waals surface area (Å²) < 4.78 is 19.2. The summed E-state index contributed by atoms with van der Waals surface area (Å²) in [6, 6.07) is 4.40. The Morgan fingerprint density at radius 3 is 2.33 bits per heavy atom. The molecule has 1 N–H and O–H groups in total. The fraction of sp³-hybridized carbons (Fsp3) is 0. The first-order valence-corrected chi connectivity index (χ1v) is 4.53. The Morgan fingerprint density at radius 2 is 1.92 bits per heavy atom. The summed E-state index contributed by atoms with van der Waals surface area (Å²) in [5.74, 6) is 0. The van der Waals surface area contributed by atoms with Crippen molar-refractivity contribution in [3.8, 4) is 0 Å². The molecule has 1 rings (SSSR count). The van der Waals surface area contributed by atoms with Gasteiger partial charge in [0.25, 0.3) is 0 Å². The first-order chi connectivity index (χ1) is 5.11. The van der Waals surface area contributed by atoms with Crippen LogP contribution in [0.25, 0.3) is 0 Å². The van der Waals surface area contributed by atoms with E-state index in [4.69, 9.17) is 27.8 Å². The van der Waals surface area contributed by atoms with Gasteiger partial charge in [-0.2, -0.15) is 0 Å². The van der Waals surface area contributed by atoms with Gasteiger partial charge in [0.05, 0.1) is 9.92 Å². The second kappa shape index (κ2) is 6.11. The standard InChI is InChI=1S/C6H4Cl2O2S.K.H/c7-4-1-2-5(8)6(3-4)11(9)10;;/h1-3H,(H,9,10);;. The van der Waals surface area contributed by atoms with E-state index < -0.39 is 11.1 Å². The molecule has 62 valence electrons. The summed E-state index contributed by atoms with van der Waals surface area (Å²) in [6.45, 7) is 0. The van der Waals surface area contributed by atoms with E-state index in [1.807, 2.05) is 0 Å². The Labute approximate surface area is 125 Å². The molecule has 0 bridgehead atoms. The fourth-order valence-corrected chi connectivity index (χ4v) is 1.63. The second-order valence-electron chi connectivity index (χ2n) is 1.82. The third-order valence-electron chi connectivity index (χ3n) is 1.08. The molecule has 1 aromatic rings. The van der Waals surface area contributed by atoms with Crippen LogP contribution in [0, 0.1) is 0 Å². The van der Waals surface area contributed by atoms with Crippen molar-refractivity contribution >= 4 is 85.7 Å². The zero-order chi connectivity index (χ0) is 8.43. The van der Waals surface area contributed by atoms with Gasteiger partial charge in [-0.3, -0.25) is 0 Å². The molecule has 0 aliphatic carbocycles. The van der Waals surface area contributed by atoms with Crippen LogP contribution in [0.4, 0.5) is 0 Å². The Bertz CT molecular complexity index is 306. The summed E-state index contributed by atoms with van der Waals surface area (Å²) in [7, 11) is 0. The Hall–Kier alpha value is 1.55. The van der Waals surface area contributed by atoms with Crippen molar-refractivity contribution in [2.45, 2.75) is 4.90 Å². The number of benzene rings is 1. The average molecular weight is 251 g/mol. The third-order valence-corrected chi connectivity index (χ3v) is 2.47. The predicted octanol–water partition coefficient (Wildman–Crippen LogP) is 1.93. The Kier molecular flexibility index (Phi) is 6.90. The molecule has 0 aromatic heterocycles. The zero-order valence-corrected chi connectivity index (χ0v) is 7.58. The fourth-order valence-electron chi connectivity index (χ4n) is 0.611. The van der Waals surface area contributed by atoms with Crippen LogP contribution in [0.3, 0.4) is 0 Å². The van der Waals surface area contributed by atoms with E-state index >= 15 is 0 Å². The number of rotatable bonds is 1. The molecule has 0 aliphatic rings. The molecule has 0 saturated carbocycles. The van der Waals surface area contributed by atoms with Crippen LogP contribution in [0.15, 0.2) is 23.1 Å². The van der Waals surface area contributed by atoms with Gasteiger partial charge in [-0.15, -0.1) is 0 Å². The molecule has 0 spiro atoms. The van der Waals surface area contributed by atoms with Crippen LogP contribution in [-0.4, -0.2) is 60.1 Å². The van der Waals surface area contributed by atoms with E-state index in [0.29, 0.717) is 5.02 Å². The molecule has 0 aliphatic heterocycles. The first-order valence-electron chi connectivity index (χ1n) is 2.67. The molecule has 1 aromatic carbocycles. The number of halogens is 2. The molecule has 0 saturated heterocycles. The van der Waals surface area contributed by atoms with Gasteiger partial charge in [0.15, 0.2) is 11.1 Å². The van der Waals surface area contributed by atoms with Gasteiger partial charge in [-0.25, -0.2) is 4.21 Å². The van der Waals surface area contributed by atoms with Crippen molar-refractivity contribution < 1.29 is 8.76 Å². The van der Waals surface area contributed by atoms with Crippen molar-refractivity contribution in [3.05, 3.63) is 28.2 Å². The number of hydrogen-bond acceptors (Lipinski definition) is 1. The minimum atomic E-state index is -2.07. The van der Waals surface area contributed by atoms with Gasteiger partial charge in [-0.1, -0.05) is 23.2 Å². The van der Waals surface area contributed by atoms with Crippen molar-refractivity contribution in [3.63, 3.8) is 0 Å². The summed E-state index contributed by atoms with van der Waals surface area (Å²) in [6.07, 6.45) is 0. The quantitative estimate of drug-likeness (QED) is 0.611. The van der Waals surface area contributed by atoms with Gasteiger partial charge in [0.2, 0.25) is 0 Å². The maximum atomic E-state index is 10.5. The molecular weight excluding hydrogens is 246 g/mol. The first kappa shape index (κ1) is 13.5. The molecule has 6 heteroatoms. The van der Waals surface area contributed by atoms with Gasteiger partial charge in [0, 0.05) is 5.02 Å². The van der Waals surface area contributed by atoms with Gasteiger partial charge in [-0.05, 0) is 18.2 Å². The van der Waals surface area contributed by atoms with Crippen molar-refractivity contribution in [1.29, 1.82) is 0 Å². The summed E-state index contributed by atoms with van der Waals surface area (Å²) >= 11 is 9.07. The third kappa shape index (κ3) is 3.73. The molecule has 0 amide bonds. The molecule has 0 heterocycles. The van der Waals surface area contributed by atoms with Crippen LogP contribution in [0.2, 0.25) is 10.0 Å². The van der Waals surface area contributed by atoms with E-state index in [-0.39, 0.29) is 61.3 Å². The van der Waals surface area contributed by atoms with E-state index in [1.54, 1.807) is 6.07 Å². The van der Waals surface area contributed by atoms with Crippen molar-refractivity contribution in [2.75, 3.05) is 0 Å². The van der Waals surface area contributed by atoms with Crippen LogP contribution < -0.4 is 0 Å². The van der Waals surface area contributed by atoms with E-state index in [1.165, 1.54) is 12.1 Å². The summed E-state index contributed by atoms with van der Waals surface area (Å²) in [4.78, 5) is 0.138. The minimum absolute atomic E-state index is 0. The van der Waals surface area contributed by atoms with E-state index in [0.717, 1.165) is 0 Å². The van der Waals surface area contributed by atoms with Crippen LogP contribution in [0.5, 0.6) is 0 Å². The van der Waals surface area contributed by atoms with Gasteiger partial charge >= 0.3 is 51.4 Å². The Morgan fingerprint density at radius 1 is 1.33 bits per heavy atom. The topological polar surface area (TPSA) is 37.3 Å². The van der Waals surface area contributed by atoms with Crippen LogP contribution in [-0.2, 0) is 11.1 Å². The van der Waals surface area contributed by atoms with Crippen molar-refractivity contribution in [1.82, 2.24) is 0 Å². The zero-order valence-electron chi connectivity index (χ0n) is 5.25. The molecular formula is C6H5Cl2KO2S. The monoisotopic (exact) mass is 250 g/mol. The molecule has 1 atom stereocenters. The van der Waals surface area contributed by atoms with E-state index in [2.05, 4.69) is 0 Å². The average Bonchev–Trinajstić information content (AvgIpc) is 1.94. The van der Waals surface area contributed by atoms with Gasteiger partial charge < -0.3 is 4.55 Å². The van der Waals surface area contributed by atoms with Gasteiger partial charge in [0.1, 0.15) is 0 Å². The van der Waals surface area contributed by atoms with Crippen LogP contribution >= 0.6 is 23.2 Å². The number of hydrogen-bond donors (Lipinski definition) is 1. The van der Waals surface area contributed by atoms with E-state index in [9.17, 15) is 4.21 Å². The molecule has 12 heavy (non-hydrogen) atoms. The van der Waals surface area contributed by atoms with Crippen molar-refractivity contribution in [2.24, 2.45) is 0 Å².